The molecule has 0 radical (unpaired) electrons. The molecule has 5 nitrogen and oxygen atoms in total. The normalized spacial score (nSPS) is 18.7. The van der Waals surface area contributed by atoms with Crippen LogP contribution in [0, 0.1) is 0 Å². The molecule has 3 heterocycles. The molecule has 1 atom stereocenters. The Kier molecular flexibility index (Phi) is 2.95. The Morgan fingerprint density at radius 2 is 2.20 bits per heavy atom. The average molecular weight is 285 g/mol. The molecule has 0 spiro atoms. The summed E-state index contributed by atoms with van der Waals surface area (Å²) in [5.74, 6) is 0.262. The topological polar surface area (TPSA) is 47.7 Å². The third-order valence-electron chi connectivity index (χ3n) is 3.42. The molecule has 0 saturated heterocycles. The Hall–Kier alpha value is -1.99. The third kappa shape index (κ3) is 2.14. The second-order valence-corrected chi connectivity index (χ2v) is 4.72. The Morgan fingerprint density at radius 1 is 1.40 bits per heavy atom. The molecule has 1 aliphatic rings. The number of aryl methyl sites for hydroxylation is 1. The van der Waals surface area contributed by atoms with Crippen LogP contribution in [0.25, 0.3) is 0 Å². The van der Waals surface area contributed by atoms with Gasteiger partial charge in [-0.3, -0.25) is 4.68 Å². The molecule has 0 saturated carbocycles. The van der Waals surface area contributed by atoms with E-state index in [1.54, 1.807) is 15.4 Å². The van der Waals surface area contributed by atoms with Gasteiger partial charge in [-0.1, -0.05) is 0 Å². The minimum absolute atomic E-state index is 0.157. The number of rotatable bonds is 2. The fraction of sp³-hybridized carbons (Fsp3) is 0.500. The van der Waals surface area contributed by atoms with Crippen LogP contribution < -0.4 is 5.32 Å². The van der Waals surface area contributed by atoms with Gasteiger partial charge in [-0.25, -0.2) is 4.98 Å². The summed E-state index contributed by atoms with van der Waals surface area (Å²) in [6.45, 7) is 3.29. The van der Waals surface area contributed by atoms with Crippen molar-refractivity contribution < 1.29 is 13.2 Å². The van der Waals surface area contributed by atoms with Crippen LogP contribution in [-0.4, -0.2) is 25.9 Å². The number of fused-ring (bicyclic) bond motifs is 1. The van der Waals surface area contributed by atoms with Crippen LogP contribution in [0.1, 0.15) is 30.6 Å². The molecule has 2 aromatic heterocycles. The highest BCUT2D eigenvalue weighted by Gasteiger charge is 2.36. The van der Waals surface area contributed by atoms with E-state index in [0.29, 0.717) is 13.0 Å². The molecule has 8 heteroatoms. The number of nitrogens with zero attached hydrogens (tertiary/aromatic N) is 4. The van der Waals surface area contributed by atoms with Crippen LogP contribution in [0.5, 0.6) is 0 Å². The first kappa shape index (κ1) is 13.0. The van der Waals surface area contributed by atoms with E-state index in [9.17, 15) is 13.2 Å². The highest BCUT2D eigenvalue weighted by atomic mass is 19.4. The van der Waals surface area contributed by atoms with Crippen LogP contribution in [0.3, 0.4) is 0 Å². The summed E-state index contributed by atoms with van der Waals surface area (Å²) < 4.78 is 41.5. The maximum absolute atomic E-state index is 12.7. The van der Waals surface area contributed by atoms with Gasteiger partial charge in [0.15, 0.2) is 5.69 Å². The smallest absolute Gasteiger partial charge is 0.356 e. The molecule has 0 amide bonds. The van der Waals surface area contributed by atoms with Gasteiger partial charge in [0.25, 0.3) is 0 Å². The van der Waals surface area contributed by atoms with Crippen molar-refractivity contribution in [2.24, 2.45) is 0 Å². The molecular weight excluding hydrogens is 271 g/mol. The summed E-state index contributed by atoms with van der Waals surface area (Å²) in [7, 11) is 0. The highest BCUT2D eigenvalue weighted by molar-refractivity contribution is 5.35. The molecule has 2 aromatic rings. The molecule has 20 heavy (non-hydrogen) atoms. The van der Waals surface area contributed by atoms with Crippen molar-refractivity contribution in [3.63, 3.8) is 0 Å². The summed E-state index contributed by atoms with van der Waals surface area (Å²) in [4.78, 5) is 3.62. The lowest BCUT2D eigenvalue weighted by Gasteiger charge is -2.25. The van der Waals surface area contributed by atoms with Crippen molar-refractivity contribution in [3.05, 3.63) is 29.8 Å². The second-order valence-electron chi connectivity index (χ2n) is 4.72. The number of imidazole rings is 1. The van der Waals surface area contributed by atoms with E-state index in [1.165, 1.54) is 0 Å². The summed E-state index contributed by atoms with van der Waals surface area (Å²) in [5.41, 5.74) is 0.0375. The third-order valence-corrected chi connectivity index (χ3v) is 3.42. The van der Waals surface area contributed by atoms with E-state index < -0.39 is 11.9 Å². The first-order valence-electron chi connectivity index (χ1n) is 6.41. The van der Waals surface area contributed by atoms with Crippen LogP contribution in [0.15, 0.2) is 18.6 Å². The van der Waals surface area contributed by atoms with Crippen LogP contribution >= 0.6 is 0 Å². The van der Waals surface area contributed by atoms with Gasteiger partial charge < -0.3 is 9.88 Å². The molecule has 3 rings (SSSR count). The molecule has 108 valence electrons. The SMILES string of the molecule is CCn1cc(C2CCNc3nc(C(F)(F)F)cn32)cn1. The maximum atomic E-state index is 12.7. The Bertz CT molecular complexity index is 613. The lowest BCUT2D eigenvalue weighted by atomic mass is 10.1. The number of hydrogen-bond donors (Lipinski definition) is 1. The van der Waals surface area contributed by atoms with Crippen molar-refractivity contribution in [3.8, 4) is 0 Å². The summed E-state index contributed by atoms with van der Waals surface area (Å²) >= 11 is 0. The molecule has 0 aromatic carbocycles. The molecule has 0 fully saturated rings. The molecule has 0 aliphatic carbocycles. The number of hydrogen-bond acceptors (Lipinski definition) is 3. The predicted octanol–water partition coefficient (Wildman–Crippen LogP) is 2.52. The number of anilines is 1. The van der Waals surface area contributed by atoms with E-state index >= 15 is 0 Å². The van der Waals surface area contributed by atoms with E-state index in [2.05, 4.69) is 15.4 Å². The van der Waals surface area contributed by atoms with Gasteiger partial charge in [-0.15, -0.1) is 0 Å². The zero-order chi connectivity index (χ0) is 14.3. The van der Waals surface area contributed by atoms with Crippen LogP contribution in [0.4, 0.5) is 19.1 Å². The van der Waals surface area contributed by atoms with Crippen molar-refractivity contribution in [2.75, 3.05) is 11.9 Å². The molecule has 1 N–H and O–H groups in total. The summed E-state index contributed by atoms with van der Waals surface area (Å²) in [6, 6.07) is -0.157. The van der Waals surface area contributed by atoms with E-state index in [4.69, 9.17) is 0 Å². The predicted molar refractivity (Wildman–Crippen MR) is 66.4 cm³/mol. The zero-order valence-corrected chi connectivity index (χ0v) is 10.9. The lowest BCUT2D eigenvalue weighted by molar-refractivity contribution is -0.140. The van der Waals surface area contributed by atoms with E-state index in [0.717, 1.165) is 18.3 Å². The minimum Gasteiger partial charge on any atom is -0.356 e. The van der Waals surface area contributed by atoms with Crippen molar-refractivity contribution in [1.29, 1.82) is 0 Å². The van der Waals surface area contributed by atoms with Gasteiger partial charge in [-0.05, 0) is 13.3 Å². The molecule has 0 bridgehead atoms. The molecule has 1 unspecified atom stereocenters. The molecular formula is C12H14F3N5. The van der Waals surface area contributed by atoms with Crippen molar-refractivity contribution >= 4 is 5.95 Å². The molecule has 1 aliphatic heterocycles. The van der Waals surface area contributed by atoms with Crippen LogP contribution in [-0.2, 0) is 12.7 Å². The number of aromatic nitrogens is 4. The standard InChI is InChI=1S/C12H14F3N5/c1-2-19-6-8(5-17-19)9-3-4-16-11-18-10(7-20(9)11)12(13,14)15/h5-7,9H,2-4H2,1H3,(H,16,18). The van der Waals surface area contributed by atoms with Crippen molar-refractivity contribution in [1.82, 2.24) is 19.3 Å². The fourth-order valence-corrected chi connectivity index (χ4v) is 2.41. The lowest BCUT2D eigenvalue weighted by Crippen LogP contribution is -2.23. The maximum Gasteiger partial charge on any atom is 0.434 e. The Morgan fingerprint density at radius 3 is 2.85 bits per heavy atom. The van der Waals surface area contributed by atoms with Gasteiger partial charge in [0.05, 0.1) is 12.2 Å². The van der Waals surface area contributed by atoms with Gasteiger partial charge in [0.2, 0.25) is 5.95 Å². The van der Waals surface area contributed by atoms with E-state index in [1.807, 2.05) is 13.1 Å². The summed E-state index contributed by atoms with van der Waals surface area (Å²) in [6.07, 6.45) is 0.916. The largest absolute Gasteiger partial charge is 0.434 e. The van der Waals surface area contributed by atoms with E-state index in [-0.39, 0.29) is 12.0 Å². The first-order chi connectivity index (χ1) is 9.49. The second kappa shape index (κ2) is 4.53. The summed E-state index contributed by atoms with van der Waals surface area (Å²) in [5, 5.41) is 7.08. The van der Waals surface area contributed by atoms with Crippen molar-refractivity contribution in [2.45, 2.75) is 32.1 Å². The quantitative estimate of drug-likeness (QED) is 0.922. The Labute approximate surface area is 113 Å². The number of nitrogens with one attached hydrogen (secondary N) is 1. The van der Waals surface area contributed by atoms with Crippen LogP contribution in [0.2, 0.25) is 0 Å². The monoisotopic (exact) mass is 285 g/mol. The minimum atomic E-state index is -4.43. The zero-order valence-electron chi connectivity index (χ0n) is 10.9. The number of alkyl halides is 3. The highest BCUT2D eigenvalue weighted by Crippen LogP contribution is 2.35. The fourth-order valence-electron chi connectivity index (χ4n) is 2.41. The average Bonchev–Trinajstić information content (AvgIpc) is 3.04. The van der Waals surface area contributed by atoms with Gasteiger partial charge in [0, 0.05) is 31.0 Å². The first-order valence-corrected chi connectivity index (χ1v) is 6.41. The van der Waals surface area contributed by atoms with Gasteiger partial charge in [-0.2, -0.15) is 18.3 Å². The Balaban J connectivity index is 1.99. The number of halogens is 3. The van der Waals surface area contributed by atoms with Gasteiger partial charge in [0.1, 0.15) is 0 Å². The van der Waals surface area contributed by atoms with Gasteiger partial charge >= 0.3 is 6.18 Å².